The van der Waals surface area contributed by atoms with Crippen molar-refractivity contribution in [2.24, 2.45) is 0 Å². The molecule has 2 amide bonds. The highest BCUT2D eigenvalue weighted by atomic mass is 35.5. The highest BCUT2D eigenvalue weighted by molar-refractivity contribution is 8.00. The van der Waals surface area contributed by atoms with Gasteiger partial charge in [0.15, 0.2) is 0 Å². The fraction of sp³-hybridized carbons (Fsp3) is 0.273. The Morgan fingerprint density at radius 2 is 2.10 bits per heavy atom. The number of anilines is 1. The average molecular weight is 335 g/mol. The largest absolute Gasteiger partial charge is 0.330 e. The number of hydrazine groups is 1. The van der Waals surface area contributed by atoms with Gasteiger partial charge >= 0.3 is 0 Å². The Balaban J connectivity index is 1.85. The molecule has 0 radical (unpaired) electrons. The fourth-order valence-electron chi connectivity index (χ4n) is 1.49. The predicted octanol–water partition coefficient (Wildman–Crippen LogP) is 1.17. The first-order chi connectivity index (χ1) is 9.56. The summed E-state index contributed by atoms with van der Waals surface area (Å²) in [5, 5.41) is 6.07. The second-order valence-electron chi connectivity index (χ2n) is 3.90. The van der Waals surface area contributed by atoms with Crippen molar-refractivity contribution >= 4 is 52.5 Å². The minimum absolute atomic E-state index is 0.129. The number of benzene rings is 1. The van der Waals surface area contributed by atoms with Crippen LogP contribution in [0, 0.1) is 0 Å². The lowest BCUT2D eigenvalue weighted by atomic mass is 10.3. The van der Waals surface area contributed by atoms with Gasteiger partial charge < -0.3 is 10.6 Å². The quantitative estimate of drug-likeness (QED) is 0.664. The van der Waals surface area contributed by atoms with Gasteiger partial charge in [-0.2, -0.15) is 0 Å². The molecule has 1 aromatic carbocycles. The standard InChI is InChI=1S/C11H12Cl2N4O2S/c12-6-2-1-3-7(13)10(6)15-9(19)5-20-11-16-8(18)4-14-17-11/h1-3,11,14,17H,4-5H2,(H,15,19)(H,16,18). The summed E-state index contributed by atoms with van der Waals surface area (Å²) < 4.78 is 0. The third-order valence-electron chi connectivity index (χ3n) is 2.38. The Morgan fingerprint density at radius 1 is 1.40 bits per heavy atom. The molecule has 0 saturated carbocycles. The van der Waals surface area contributed by atoms with E-state index in [1.165, 1.54) is 11.8 Å². The molecule has 1 aliphatic heterocycles. The van der Waals surface area contributed by atoms with Crippen molar-refractivity contribution in [3.8, 4) is 0 Å². The predicted molar refractivity (Wildman–Crippen MR) is 80.6 cm³/mol. The van der Waals surface area contributed by atoms with Crippen LogP contribution < -0.4 is 21.5 Å². The van der Waals surface area contributed by atoms with Crippen LogP contribution in [-0.2, 0) is 9.59 Å². The van der Waals surface area contributed by atoms with Crippen LogP contribution >= 0.6 is 35.0 Å². The number of halogens is 2. The first-order valence-electron chi connectivity index (χ1n) is 5.69. The summed E-state index contributed by atoms with van der Waals surface area (Å²) in [5.41, 5.74) is 5.59. The number of hydrogen-bond donors (Lipinski definition) is 4. The lowest BCUT2D eigenvalue weighted by Crippen LogP contribution is -2.58. The minimum atomic E-state index is -0.358. The Morgan fingerprint density at radius 3 is 2.75 bits per heavy atom. The number of para-hydroxylation sites is 1. The summed E-state index contributed by atoms with van der Waals surface area (Å²) in [7, 11) is 0. The number of carbonyl (C=O) groups excluding carboxylic acids is 2. The molecule has 1 aromatic rings. The van der Waals surface area contributed by atoms with Gasteiger partial charge in [0, 0.05) is 0 Å². The van der Waals surface area contributed by atoms with Crippen LogP contribution in [0.2, 0.25) is 10.0 Å². The molecule has 108 valence electrons. The van der Waals surface area contributed by atoms with E-state index in [2.05, 4.69) is 21.5 Å². The summed E-state index contributed by atoms with van der Waals surface area (Å²) >= 11 is 13.1. The number of carbonyl (C=O) groups is 2. The van der Waals surface area contributed by atoms with Crippen molar-refractivity contribution in [1.82, 2.24) is 16.2 Å². The Bertz CT molecular complexity index is 509. The Kier molecular flexibility index (Phi) is 5.50. The summed E-state index contributed by atoms with van der Waals surface area (Å²) in [4.78, 5) is 23.0. The van der Waals surface area contributed by atoms with E-state index in [0.717, 1.165) is 0 Å². The third-order valence-corrected chi connectivity index (χ3v) is 4.01. The molecular formula is C11H12Cl2N4O2S. The molecule has 0 aromatic heterocycles. The molecular weight excluding hydrogens is 323 g/mol. The van der Waals surface area contributed by atoms with Gasteiger partial charge in [-0.3, -0.25) is 9.59 Å². The van der Waals surface area contributed by atoms with Gasteiger partial charge in [-0.1, -0.05) is 29.3 Å². The van der Waals surface area contributed by atoms with Gasteiger partial charge in [0.1, 0.15) is 5.50 Å². The van der Waals surface area contributed by atoms with Gasteiger partial charge in [-0.05, 0) is 12.1 Å². The normalized spacial score (nSPS) is 18.5. The maximum Gasteiger partial charge on any atom is 0.237 e. The first-order valence-corrected chi connectivity index (χ1v) is 7.50. The van der Waals surface area contributed by atoms with Crippen LogP contribution in [-0.4, -0.2) is 29.6 Å². The van der Waals surface area contributed by atoms with E-state index in [9.17, 15) is 9.59 Å². The molecule has 1 saturated heterocycles. The number of hydrogen-bond acceptors (Lipinski definition) is 5. The fourth-order valence-corrected chi connectivity index (χ4v) is 2.76. The molecule has 0 bridgehead atoms. The molecule has 1 fully saturated rings. The van der Waals surface area contributed by atoms with Crippen molar-refractivity contribution in [3.05, 3.63) is 28.2 Å². The van der Waals surface area contributed by atoms with E-state index >= 15 is 0 Å². The smallest absolute Gasteiger partial charge is 0.237 e. The molecule has 1 atom stereocenters. The van der Waals surface area contributed by atoms with Crippen molar-refractivity contribution < 1.29 is 9.59 Å². The molecule has 20 heavy (non-hydrogen) atoms. The highest BCUT2D eigenvalue weighted by Crippen LogP contribution is 2.29. The SMILES string of the molecule is O=C(CSC1NNCC(=O)N1)Nc1c(Cl)cccc1Cl. The van der Waals surface area contributed by atoms with Crippen LogP contribution in [0.15, 0.2) is 18.2 Å². The first kappa shape index (κ1) is 15.4. The van der Waals surface area contributed by atoms with E-state index in [4.69, 9.17) is 23.2 Å². The number of rotatable bonds is 4. The van der Waals surface area contributed by atoms with Gasteiger partial charge in [0.25, 0.3) is 0 Å². The third kappa shape index (κ3) is 4.26. The lowest BCUT2D eigenvalue weighted by molar-refractivity contribution is -0.122. The molecule has 0 spiro atoms. The number of amides is 2. The monoisotopic (exact) mass is 334 g/mol. The molecule has 1 aliphatic rings. The number of thioether (sulfide) groups is 1. The number of nitrogens with one attached hydrogen (secondary N) is 4. The molecule has 1 heterocycles. The van der Waals surface area contributed by atoms with Crippen LogP contribution in [0.25, 0.3) is 0 Å². The second kappa shape index (κ2) is 7.14. The summed E-state index contributed by atoms with van der Waals surface area (Å²) in [6.07, 6.45) is 0. The molecule has 2 rings (SSSR count). The maximum absolute atomic E-state index is 11.8. The lowest BCUT2D eigenvalue weighted by Gasteiger charge is -2.24. The minimum Gasteiger partial charge on any atom is -0.330 e. The zero-order valence-electron chi connectivity index (χ0n) is 10.2. The molecule has 1 unspecified atom stereocenters. The summed E-state index contributed by atoms with van der Waals surface area (Å²) in [6.45, 7) is 0.207. The second-order valence-corrected chi connectivity index (χ2v) is 5.81. The maximum atomic E-state index is 11.8. The van der Waals surface area contributed by atoms with Gasteiger partial charge in [0.2, 0.25) is 11.8 Å². The molecule has 4 N–H and O–H groups in total. The summed E-state index contributed by atoms with van der Waals surface area (Å²) in [5.74, 6) is -0.247. The zero-order valence-corrected chi connectivity index (χ0v) is 12.5. The van der Waals surface area contributed by atoms with E-state index in [-0.39, 0.29) is 29.6 Å². The Labute approximate surface area is 129 Å². The van der Waals surface area contributed by atoms with Gasteiger partial charge in [-0.25, -0.2) is 10.9 Å². The van der Waals surface area contributed by atoms with Crippen molar-refractivity contribution in [2.75, 3.05) is 17.6 Å². The van der Waals surface area contributed by atoms with Crippen molar-refractivity contribution in [1.29, 1.82) is 0 Å². The molecule has 0 aliphatic carbocycles. The van der Waals surface area contributed by atoms with E-state index < -0.39 is 0 Å². The van der Waals surface area contributed by atoms with Crippen molar-refractivity contribution in [2.45, 2.75) is 5.50 Å². The van der Waals surface area contributed by atoms with Crippen LogP contribution in [0.4, 0.5) is 5.69 Å². The van der Waals surface area contributed by atoms with Crippen molar-refractivity contribution in [3.63, 3.8) is 0 Å². The summed E-state index contributed by atoms with van der Waals surface area (Å²) in [6, 6.07) is 4.98. The topological polar surface area (TPSA) is 82.3 Å². The van der Waals surface area contributed by atoms with Gasteiger partial charge in [0.05, 0.1) is 28.0 Å². The van der Waals surface area contributed by atoms with Crippen LogP contribution in [0.3, 0.4) is 0 Å². The van der Waals surface area contributed by atoms with Gasteiger partial charge in [-0.15, -0.1) is 11.8 Å². The van der Waals surface area contributed by atoms with E-state index in [1.54, 1.807) is 18.2 Å². The molecule has 9 heteroatoms. The van der Waals surface area contributed by atoms with Crippen LogP contribution in [0.1, 0.15) is 0 Å². The average Bonchev–Trinajstić information content (AvgIpc) is 2.41. The molecule has 6 nitrogen and oxygen atoms in total. The highest BCUT2D eigenvalue weighted by Gasteiger charge is 2.18. The van der Waals surface area contributed by atoms with Crippen LogP contribution in [0.5, 0.6) is 0 Å². The van der Waals surface area contributed by atoms with E-state index in [1.807, 2.05) is 0 Å². The Hall–Kier alpha value is -0.990. The van der Waals surface area contributed by atoms with E-state index in [0.29, 0.717) is 15.7 Å². The zero-order chi connectivity index (χ0) is 14.5.